The zero-order chi connectivity index (χ0) is 13.1. The summed E-state index contributed by atoms with van der Waals surface area (Å²) in [6, 6.07) is 5.45. The van der Waals surface area contributed by atoms with Crippen LogP contribution < -0.4 is 19.9 Å². The SMILES string of the molecule is NCCn1cc(COc2ccc3c(c2)OCO3)nn1. The molecule has 1 aromatic heterocycles. The van der Waals surface area contributed by atoms with Crippen molar-refractivity contribution < 1.29 is 14.2 Å². The maximum Gasteiger partial charge on any atom is 0.231 e. The number of nitrogens with two attached hydrogens (primary N) is 1. The predicted molar refractivity (Wildman–Crippen MR) is 66.0 cm³/mol. The van der Waals surface area contributed by atoms with Crippen LogP contribution in [0.3, 0.4) is 0 Å². The molecule has 2 aromatic rings. The Hall–Kier alpha value is -2.28. The molecule has 0 amide bonds. The molecule has 0 atom stereocenters. The fourth-order valence-corrected chi connectivity index (χ4v) is 1.77. The second kappa shape index (κ2) is 5.15. The second-order valence-corrected chi connectivity index (χ2v) is 4.07. The van der Waals surface area contributed by atoms with Gasteiger partial charge in [-0.15, -0.1) is 5.10 Å². The van der Waals surface area contributed by atoms with Crippen LogP contribution in [-0.2, 0) is 13.2 Å². The summed E-state index contributed by atoms with van der Waals surface area (Å²) in [6.45, 7) is 1.79. The second-order valence-electron chi connectivity index (χ2n) is 4.07. The van der Waals surface area contributed by atoms with Crippen molar-refractivity contribution in [2.45, 2.75) is 13.2 Å². The third-order valence-corrected chi connectivity index (χ3v) is 2.68. The number of rotatable bonds is 5. The fraction of sp³-hybridized carbons (Fsp3) is 0.333. The van der Waals surface area contributed by atoms with Gasteiger partial charge in [0.2, 0.25) is 6.79 Å². The molecule has 0 aliphatic carbocycles. The first-order valence-electron chi connectivity index (χ1n) is 5.96. The molecule has 19 heavy (non-hydrogen) atoms. The molecule has 2 heterocycles. The van der Waals surface area contributed by atoms with Gasteiger partial charge in [-0.05, 0) is 12.1 Å². The van der Waals surface area contributed by atoms with E-state index < -0.39 is 0 Å². The Morgan fingerprint density at radius 1 is 1.32 bits per heavy atom. The molecule has 1 aliphatic heterocycles. The number of fused-ring (bicyclic) bond motifs is 1. The minimum Gasteiger partial charge on any atom is -0.487 e. The summed E-state index contributed by atoms with van der Waals surface area (Å²) in [5.74, 6) is 2.14. The molecule has 0 fully saturated rings. The summed E-state index contributed by atoms with van der Waals surface area (Å²) in [4.78, 5) is 0. The molecule has 0 spiro atoms. The summed E-state index contributed by atoms with van der Waals surface area (Å²) < 4.78 is 17.8. The molecule has 0 saturated carbocycles. The maximum absolute atomic E-state index is 5.63. The van der Waals surface area contributed by atoms with E-state index in [9.17, 15) is 0 Å². The summed E-state index contributed by atoms with van der Waals surface area (Å²) >= 11 is 0. The standard InChI is InChI=1S/C12H14N4O3/c13-3-4-16-6-9(14-15-16)7-17-10-1-2-11-12(5-10)19-8-18-11/h1-2,5-6H,3-4,7-8,13H2. The zero-order valence-corrected chi connectivity index (χ0v) is 10.3. The van der Waals surface area contributed by atoms with Gasteiger partial charge >= 0.3 is 0 Å². The van der Waals surface area contributed by atoms with E-state index in [2.05, 4.69) is 10.3 Å². The van der Waals surface area contributed by atoms with Crippen molar-refractivity contribution in [1.29, 1.82) is 0 Å². The molecule has 1 aliphatic rings. The van der Waals surface area contributed by atoms with Gasteiger partial charge in [-0.3, -0.25) is 4.68 Å². The topological polar surface area (TPSA) is 84.4 Å². The zero-order valence-electron chi connectivity index (χ0n) is 10.3. The Kier molecular flexibility index (Phi) is 3.20. The quantitative estimate of drug-likeness (QED) is 0.846. The molecule has 7 nitrogen and oxygen atoms in total. The van der Waals surface area contributed by atoms with E-state index in [4.69, 9.17) is 19.9 Å². The first-order chi connectivity index (χ1) is 9.35. The van der Waals surface area contributed by atoms with Gasteiger partial charge in [0.05, 0.1) is 12.7 Å². The van der Waals surface area contributed by atoms with Crippen LogP contribution in [0, 0.1) is 0 Å². The fourth-order valence-electron chi connectivity index (χ4n) is 1.77. The minimum atomic E-state index is 0.256. The number of nitrogens with zero attached hydrogens (tertiary/aromatic N) is 3. The number of hydrogen-bond acceptors (Lipinski definition) is 6. The highest BCUT2D eigenvalue weighted by Crippen LogP contribution is 2.35. The van der Waals surface area contributed by atoms with Gasteiger partial charge in [0, 0.05) is 12.6 Å². The van der Waals surface area contributed by atoms with Crippen molar-refractivity contribution in [1.82, 2.24) is 15.0 Å². The van der Waals surface area contributed by atoms with Gasteiger partial charge < -0.3 is 19.9 Å². The van der Waals surface area contributed by atoms with Gasteiger partial charge in [-0.25, -0.2) is 0 Å². The van der Waals surface area contributed by atoms with E-state index in [0.717, 1.165) is 11.4 Å². The van der Waals surface area contributed by atoms with Crippen molar-refractivity contribution in [2.75, 3.05) is 13.3 Å². The van der Waals surface area contributed by atoms with Crippen LogP contribution in [-0.4, -0.2) is 28.3 Å². The van der Waals surface area contributed by atoms with Crippen LogP contribution in [0.25, 0.3) is 0 Å². The van der Waals surface area contributed by atoms with E-state index in [0.29, 0.717) is 31.2 Å². The van der Waals surface area contributed by atoms with E-state index in [1.807, 2.05) is 18.3 Å². The lowest BCUT2D eigenvalue weighted by molar-refractivity contribution is 0.173. The van der Waals surface area contributed by atoms with Crippen molar-refractivity contribution in [2.24, 2.45) is 5.73 Å². The summed E-state index contributed by atoms with van der Waals surface area (Å²) in [5.41, 5.74) is 6.20. The van der Waals surface area contributed by atoms with Crippen LogP contribution in [0.4, 0.5) is 0 Å². The summed E-state index contributed by atoms with van der Waals surface area (Å²) in [7, 11) is 0. The van der Waals surface area contributed by atoms with Gasteiger partial charge in [0.15, 0.2) is 11.5 Å². The van der Waals surface area contributed by atoms with Crippen LogP contribution in [0.1, 0.15) is 5.69 Å². The third kappa shape index (κ3) is 2.60. The average molecular weight is 262 g/mol. The number of ether oxygens (including phenoxy) is 3. The molecule has 2 N–H and O–H groups in total. The van der Waals surface area contributed by atoms with Gasteiger partial charge in [0.1, 0.15) is 18.1 Å². The smallest absolute Gasteiger partial charge is 0.231 e. The first kappa shape index (κ1) is 11.8. The van der Waals surface area contributed by atoms with Gasteiger partial charge in [0.25, 0.3) is 0 Å². The van der Waals surface area contributed by atoms with E-state index in [1.165, 1.54) is 0 Å². The maximum atomic E-state index is 5.63. The lowest BCUT2D eigenvalue weighted by atomic mass is 10.3. The van der Waals surface area contributed by atoms with E-state index in [1.54, 1.807) is 10.7 Å². The Labute approximate surface area is 109 Å². The largest absolute Gasteiger partial charge is 0.487 e. The average Bonchev–Trinajstić information content (AvgIpc) is 3.04. The molecule has 1 aromatic carbocycles. The van der Waals surface area contributed by atoms with Crippen molar-refractivity contribution >= 4 is 0 Å². The monoisotopic (exact) mass is 262 g/mol. The predicted octanol–water partition coefficient (Wildman–Crippen LogP) is 0.544. The van der Waals surface area contributed by atoms with Gasteiger partial charge in [-0.1, -0.05) is 5.21 Å². The lowest BCUT2D eigenvalue weighted by Crippen LogP contribution is -2.10. The van der Waals surface area contributed by atoms with Crippen molar-refractivity contribution in [3.63, 3.8) is 0 Å². The third-order valence-electron chi connectivity index (χ3n) is 2.68. The minimum absolute atomic E-state index is 0.256. The highest BCUT2D eigenvalue weighted by atomic mass is 16.7. The molecule has 0 bridgehead atoms. The highest BCUT2D eigenvalue weighted by molar-refractivity contribution is 5.46. The van der Waals surface area contributed by atoms with Crippen molar-refractivity contribution in [3.05, 3.63) is 30.1 Å². The molecule has 100 valence electrons. The molecule has 0 saturated heterocycles. The Morgan fingerprint density at radius 3 is 3.11 bits per heavy atom. The van der Waals surface area contributed by atoms with Crippen LogP contribution >= 0.6 is 0 Å². The van der Waals surface area contributed by atoms with E-state index in [-0.39, 0.29) is 6.79 Å². The Balaban J connectivity index is 1.62. The molecular formula is C12H14N4O3. The summed E-state index contributed by atoms with van der Waals surface area (Å²) in [5, 5.41) is 7.94. The van der Waals surface area contributed by atoms with Gasteiger partial charge in [-0.2, -0.15) is 0 Å². The molecule has 0 radical (unpaired) electrons. The molecular weight excluding hydrogens is 248 g/mol. The van der Waals surface area contributed by atoms with Crippen LogP contribution in [0.2, 0.25) is 0 Å². The van der Waals surface area contributed by atoms with Crippen LogP contribution in [0.15, 0.2) is 24.4 Å². The normalized spacial score (nSPS) is 12.7. The summed E-state index contributed by atoms with van der Waals surface area (Å²) in [6.07, 6.45) is 1.82. The molecule has 3 rings (SSSR count). The van der Waals surface area contributed by atoms with Crippen molar-refractivity contribution in [3.8, 4) is 17.2 Å². The number of benzene rings is 1. The Bertz CT molecular complexity index is 570. The van der Waals surface area contributed by atoms with E-state index >= 15 is 0 Å². The lowest BCUT2D eigenvalue weighted by Gasteiger charge is -2.04. The molecule has 0 unspecified atom stereocenters. The Morgan fingerprint density at radius 2 is 2.21 bits per heavy atom. The first-order valence-corrected chi connectivity index (χ1v) is 5.96. The molecule has 7 heteroatoms. The number of aromatic nitrogens is 3. The highest BCUT2D eigenvalue weighted by Gasteiger charge is 2.13. The number of hydrogen-bond donors (Lipinski definition) is 1. The van der Waals surface area contributed by atoms with Crippen LogP contribution in [0.5, 0.6) is 17.2 Å².